The number of nitrogens with zero attached hydrogens (tertiary/aromatic N) is 1. The summed E-state index contributed by atoms with van der Waals surface area (Å²) in [7, 11) is 1.66. The van der Waals surface area contributed by atoms with Gasteiger partial charge in [-0.1, -0.05) is 18.2 Å². The van der Waals surface area contributed by atoms with Gasteiger partial charge in [-0.15, -0.1) is 0 Å². The molecule has 5 nitrogen and oxygen atoms in total. The van der Waals surface area contributed by atoms with Crippen molar-refractivity contribution >= 4 is 12.0 Å². The van der Waals surface area contributed by atoms with Crippen LogP contribution in [0.5, 0.6) is 11.5 Å². The van der Waals surface area contributed by atoms with Crippen molar-refractivity contribution in [1.82, 2.24) is 4.98 Å². The Bertz CT molecular complexity index is 738. The molecule has 0 aliphatic heterocycles. The highest BCUT2D eigenvalue weighted by Gasteiger charge is 2.04. The van der Waals surface area contributed by atoms with Gasteiger partial charge in [-0.3, -0.25) is 4.79 Å². The van der Waals surface area contributed by atoms with E-state index in [1.54, 1.807) is 19.3 Å². The molecule has 138 valence electrons. The predicted molar refractivity (Wildman–Crippen MR) is 102 cm³/mol. The Morgan fingerprint density at radius 3 is 2.62 bits per heavy atom. The smallest absolute Gasteiger partial charge is 0.307 e. The topological polar surface area (TPSA) is 68.7 Å². The van der Waals surface area contributed by atoms with E-state index in [2.05, 4.69) is 17.1 Å². The first-order valence-corrected chi connectivity index (χ1v) is 8.70. The van der Waals surface area contributed by atoms with Crippen LogP contribution in [-0.2, 0) is 11.2 Å². The molecule has 0 saturated carbocycles. The van der Waals surface area contributed by atoms with Gasteiger partial charge in [-0.05, 0) is 62.1 Å². The molecule has 0 bridgehead atoms. The number of aryl methyl sites for hydroxylation is 2. The van der Waals surface area contributed by atoms with Gasteiger partial charge < -0.3 is 14.6 Å². The zero-order valence-corrected chi connectivity index (χ0v) is 15.3. The summed E-state index contributed by atoms with van der Waals surface area (Å²) in [6.07, 6.45) is 6.20. The molecule has 0 saturated heterocycles. The second-order valence-electron chi connectivity index (χ2n) is 5.99. The third-order valence-corrected chi connectivity index (χ3v) is 3.87. The van der Waals surface area contributed by atoms with Crippen molar-refractivity contribution in [2.75, 3.05) is 13.7 Å². The number of rotatable bonds is 10. The summed E-state index contributed by atoms with van der Waals surface area (Å²) in [4.78, 5) is 15.0. The van der Waals surface area contributed by atoms with E-state index in [0.29, 0.717) is 18.1 Å². The Balaban J connectivity index is 1.81. The summed E-state index contributed by atoms with van der Waals surface area (Å²) in [5.74, 6) is 0.684. The van der Waals surface area contributed by atoms with E-state index in [9.17, 15) is 4.79 Å². The van der Waals surface area contributed by atoms with Crippen LogP contribution in [-0.4, -0.2) is 29.8 Å². The number of hydrogen-bond acceptors (Lipinski definition) is 4. The van der Waals surface area contributed by atoms with Crippen LogP contribution in [0.1, 0.15) is 36.2 Å². The molecular weight excluding hydrogens is 330 g/mol. The molecule has 0 spiro atoms. The summed E-state index contributed by atoms with van der Waals surface area (Å²) in [5, 5.41) is 8.73. The van der Waals surface area contributed by atoms with Gasteiger partial charge >= 0.3 is 5.97 Å². The number of hydrogen-bond donors (Lipinski definition) is 1. The molecule has 1 aromatic heterocycles. The van der Waals surface area contributed by atoms with Gasteiger partial charge in [0.25, 0.3) is 0 Å². The monoisotopic (exact) mass is 355 g/mol. The van der Waals surface area contributed by atoms with Gasteiger partial charge in [0, 0.05) is 5.69 Å². The third-order valence-electron chi connectivity index (χ3n) is 3.87. The van der Waals surface area contributed by atoms with Crippen LogP contribution >= 0.6 is 0 Å². The number of aromatic nitrogens is 1. The van der Waals surface area contributed by atoms with Gasteiger partial charge in [0.05, 0.1) is 20.1 Å². The van der Waals surface area contributed by atoms with E-state index in [0.717, 1.165) is 30.7 Å². The molecule has 0 amide bonds. The largest absolute Gasteiger partial charge is 0.497 e. The van der Waals surface area contributed by atoms with Crippen molar-refractivity contribution < 1.29 is 19.4 Å². The number of carboxylic acids is 1. The van der Waals surface area contributed by atoms with E-state index < -0.39 is 5.97 Å². The summed E-state index contributed by atoms with van der Waals surface area (Å²) in [5.41, 5.74) is 2.81. The first kappa shape index (κ1) is 19.5. The van der Waals surface area contributed by atoms with E-state index in [1.807, 2.05) is 31.2 Å². The van der Waals surface area contributed by atoms with Crippen molar-refractivity contribution in [2.24, 2.45) is 0 Å². The standard InChI is InChI=1S/C21H25NO4/c1-16-9-14-20(19(22-16)7-5-8-21(23)24)26-15-4-3-6-17-10-12-18(25-2)13-11-17/h5,7,9-14H,3-4,6,8,15H2,1-2H3,(H,23,24)/b7-5+. The lowest BCUT2D eigenvalue weighted by atomic mass is 10.1. The van der Waals surface area contributed by atoms with Crippen LogP contribution in [0.3, 0.4) is 0 Å². The van der Waals surface area contributed by atoms with E-state index in [1.165, 1.54) is 5.56 Å². The Labute approximate surface area is 154 Å². The quantitative estimate of drug-likeness (QED) is 0.644. The van der Waals surface area contributed by atoms with Gasteiger partial charge in [-0.2, -0.15) is 0 Å². The van der Waals surface area contributed by atoms with Crippen LogP contribution in [0.2, 0.25) is 0 Å². The van der Waals surface area contributed by atoms with Crippen LogP contribution in [0.25, 0.3) is 6.08 Å². The zero-order valence-electron chi connectivity index (χ0n) is 15.3. The number of carbonyl (C=O) groups is 1. The molecular formula is C21H25NO4. The second kappa shape index (κ2) is 10.2. The Kier molecular flexibility index (Phi) is 7.68. The molecule has 0 radical (unpaired) electrons. The predicted octanol–water partition coefficient (Wildman–Crippen LogP) is 4.29. The average Bonchev–Trinajstić information content (AvgIpc) is 2.63. The van der Waals surface area contributed by atoms with Crippen LogP contribution < -0.4 is 9.47 Å². The Morgan fingerprint density at radius 1 is 1.15 bits per heavy atom. The van der Waals surface area contributed by atoms with E-state index >= 15 is 0 Å². The fourth-order valence-corrected chi connectivity index (χ4v) is 2.48. The number of carboxylic acid groups (broad SMARTS) is 1. The summed E-state index contributed by atoms with van der Waals surface area (Å²) >= 11 is 0. The molecule has 1 N–H and O–H groups in total. The maximum atomic E-state index is 10.6. The molecule has 0 fully saturated rings. The second-order valence-corrected chi connectivity index (χ2v) is 5.99. The average molecular weight is 355 g/mol. The number of unbranched alkanes of at least 4 members (excludes halogenated alkanes) is 1. The summed E-state index contributed by atoms with van der Waals surface area (Å²) < 4.78 is 11.0. The SMILES string of the molecule is COc1ccc(CCCCOc2ccc(C)nc2/C=C/CC(=O)O)cc1. The first-order valence-electron chi connectivity index (χ1n) is 8.70. The lowest BCUT2D eigenvalue weighted by Gasteiger charge is -2.09. The van der Waals surface area contributed by atoms with Crippen LogP contribution in [0, 0.1) is 6.92 Å². The highest BCUT2D eigenvalue weighted by Crippen LogP contribution is 2.19. The van der Waals surface area contributed by atoms with Gasteiger partial charge in [0.15, 0.2) is 0 Å². The van der Waals surface area contributed by atoms with Gasteiger partial charge in [0.1, 0.15) is 17.2 Å². The summed E-state index contributed by atoms with van der Waals surface area (Å²) in [6.45, 7) is 2.49. The highest BCUT2D eigenvalue weighted by molar-refractivity contribution is 5.70. The minimum atomic E-state index is -0.866. The number of pyridine rings is 1. The van der Waals surface area contributed by atoms with Crippen molar-refractivity contribution in [2.45, 2.75) is 32.6 Å². The highest BCUT2D eigenvalue weighted by atomic mass is 16.5. The lowest BCUT2D eigenvalue weighted by molar-refractivity contribution is -0.135. The third kappa shape index (κ3) is 6.59. The fourth-order valence-electron chi connectivity index (χ4n) is 2.48. The maximum absolute atomic E-state index is 10.6. The normalized spacial score (nSPS) is 10.8. The molecule has 0 atom stereocenters. The lowest BCUT2D eigenvalue weighted by Crippen LogP contribution is -2.01. The van der Waals surface area contributed by atoms with Gasteiger partial charge in [0.2, 0.25) is 0 Å². The van der Waals surface area contributed by atoms with Crippen molar-refractivity contribution in [3.63, 3.8) is 0 Å². The molecule has 5 heteroatoms. The number of ether oxygens (including phenoxy) is 2. The number of methoxy groups -OCH3 is 1. The number of benzene rings is 1. The van der Waals surface area contributed by atoms with Crippen molar-refractivity contribution in [1.29, 1.82) is 0 Å². The van der Waals surface area contributed by atoms with Gasteiger partial charge in [-0.25, -0.2) is 4.98 Å². The molecule has 2 aromatic rings. The minimum absolute atomic E-state index is 0.0308. The molecule has 1 heterocycles. The molecule has 1 aromatic carbocycles. The number of aliphatic carboxylic acids is 1. The minimum Gasteiger partial charge on any atom is -0.497 e. The van der Waals surface area contributed by atoms with Crippen LogP contribution in [0.15, 0.2) is 42.5 Å². The molecule has 26 heavy (non-hydrogen) atoms. The first-order chi connectivity index (χ1) is 12.6. The molecule has 0 unspecified atom stereocenters. The molecule has 0 aliphatic carbocycles. The molecule has 0 aliphatic rings. The maximum Gasteiger partial charge on any atom is 0.307 e. The van der Waals surface area contributed by atoms with E-state index in [-0.39, 0.29) is 6.42 Å². The van der Waals surface area contributed by atoms with E-state index in [4.69, 9.17) is 14.6 Å². The Hall–Kier alpha value is -2.82. The molecule has 2 rings (SSSR count). The zero-order chi connectivity index (χ0) is 18.8. The van der Waals surface area contributed by atoms with Crippen LogP contribution in [0.4, 0.5) is 0 Å². The van der Waals surface area contributed by atoms with Crippen molar-refractivity contribution in [3.05, 3.63) is 59.4 Å². The fraction of sp³-hybridized carbons (Fsp3) is 0.333. The Morgan fingerprint density at radius 2 is 1.92 bits per heavy atom. The van der Waals surface area contributed by atoms with Crippen molar-refractivity contribution in [3.8, 4) is 11.5 Å². The summed E-state index contributed by atoms with van der Waals surface area (Å²) in [6, 6.07) is 11.9.